The lowest BCUT2D eigenvalue weighted by molar-refractivity contribution is -0.297. The standard InChI is InChI=1S/C15H16ClF3N2O2/c1-13(2,3)11-8-14(23,15(17,18)19)21(20-11)12(22)9-4-6-10(16)7-5-9/h4-7,23H,8H2,1-3H3/t14-/m1/s1. The number of alkyl halides is 3. The molecule has 0 saturated heterocycles. The van der Waals surface area contributed by atoms with Crippen molar-refractivity contribution in [1.29, 1.82) is 0 Å². The lowest BCUT2D eigenvalue weighted by Gasteiger charge is -2.32. The number of halogens is 4. The molecule has 1 aliphatic rings. The van der Waals surface area contributed by atoms with E-state index in [4.69, 9.17) is 11.6 Å². The number of nitrogens with zero attached hydrogens (tertiary/aromatic N) is 2. The molecule has 1 N–H and O–H groups in total. The molecule has 23 heavy (non-hydrogen) atoms. The summed E-state index contributed by atoms with van der Waals surface area (Å²) in [6.45, 7) is 5.00. The maximum absolute atomic E-state index is 13.4. The van der Waals surface area contributed by atoms with Gasteiger partial charge >= 0.3 is 6.18 Å². The van der Waals surface area contributed by atoms with Crippen molar-refractivity contribution in [2.24, 2.45) is 10.5 Å². The van der Waals surface area contributed by atoms with Crippen molar-refractivity contribution in [3.63, 3.8) is 0 Å². The SMILES string of the molecule is CC(C)(C)C1=NN(C(=O)c2ccc(Cl)cc2)[C@](O)(C(F)(F)F)C1. The second-order valence-electron chi connectivity index (χ2n) is 6.41. The normalized spacial score (nSPS) is 22.3. The van der Waals surface area contributed by atoms with Crippen molar-refractivity contribution in [2.45, 2.75) is 39.1 Å². The molecule has 1 heterocycles. The van der Waals surface area contributed by atoms with Gasteiger partial charge in [0.15, 0.2) is 0 Å². The van der Waals surface area contributed by atoms with E-state index in [0.29, 0.717) is 5.02 Å². The molecule has 1 amide bonds. The Kier molecular flexibility index (Phi) is 4.24. The van der Waals surface area contributed by atoms with E-state index >= 15 is 0 Å². The molecule has 0 aliphatic carbocycles. The number of benzene rings is 1. The summed E-state index contributed by atoms with van der Waals surface area (Å²) in [7, 11) is 0. The third-order valence-electron chi connectivity index (χ3n) is 3.59. The molecule has 1 aliphatic heterocycles. The van der Waals surface area contributed by atoms with Crippen LogP contribution in [0.2, 0.25) is 5.02 Å². The van der Waals surface area contributed by atoms with Crippen molar-refractivity contribution in [1.82, 2.24) is 5.01 Å². The smallest absolute Gasteiger partial charge is 0.362 e. The van der Waals surface area contributed by atoms with Crippen molar-refractivity contribution in [3.8, 4) is 0 Å². The van der Waals surface area contributed by atoms with E-state index in [2.05, 4.69) is 5.10 Å². The van der Waals surface area contributed by atoms with Gasteiger partial charge in [-0.1, -0.05) is 32.4 Å². The minimum Gasteiger partial charge on any atom is -0.362 e. The fourth-order valence-corrected chi connectivity index (χ4v) is 2.24. The average molecular weight is 349 g/mol. The van der Waals surface area contributed by atoms with E-state index in [9.17, 15) is 23.1 Å². The fourth-order valence-electron chi connectivity index (χ4n) is 2.11. The third kappa shape index (κ3) is 3.21. The van der Waals surface area contributed by atoms with E-state index in [1.807, 2.05) is 0 Å². The van der Waals surface area contributed by atoms with Crippen molar-refractivity contribution in [2.75, 3.05) is 0 Å². The predicted molar refractivity (Wildman–Crippen MR) is 80.1 cm³/mol. The summed E-state index contributed by atoms with van der Waals surface area (Å²) in [6, 6.07) is 5.33. The molecule has 0 unspecified atom stereocenters. The first-order valence-electron chi connectivity index (χ1n) is 6.83. The molecule has 0 aromatic heterocycles. The number of carbonyl (C=O) groups excluding carboxylic acids is 1. The number of hydrogen-bond donors (Lipinski definition) is 1. The van der Waals surface area contributed by atoms with Crippen LogP contribution in [0.4, 0.5) is 13.2 Å². The maximum atomic E-state index is 13.4. The van der Waals surface area contributed by atoms with Crippen molar-refractivity contribution >= 4 is 23.2 Å². The summed E-state index contributed by atoms with van der Waals surface area (Å²) >= 11 is 5.71. The summed E-state index contributed by atoms with van der Waals surface area (Å²) in [5.74, 6) is -1.04. The first-order valence-corrected chi connectivity index (χ1v) is 7.21. The highest BCUT2D eigenvalue weighted by Gasteiger charge is 2.64. The van der Waals surface area contributed by atoms with Gasteiger partial charge in [-0.3, -0.25) is 4.79 Å². The molecule has 0 radical (unpaired) electrons. The summed E-state index contributed by atoms with van der Waals surface area (Å²) in [5.41, 5.74) is -4.02. The Hall–Kier alpha value is -1.60. The molecular formula is C15H16ClF3N2O2. The number of rotatable bonds is 1. The molecule has 8 heteroatoms. The molecule has 0 fully saturated rings. The van der Waals surface area contributed by atoms with Crippen LogP contribution in [0.1, 0.15) is 37.6 Å². The van der Waals surface area contributed by atoms with Gasteiger partial charge in [-0.25, -0.2) is 0 Å². The largest absolute Gasteiger partial charge is 0.438 e. The first kappa shape index (κ1) is 17.7. The van der Waals surface area contributed by atoms with Crippen LogP contribution < -0.4 is 0 Å². The van der Waals surface area contributed by atoms with Crippen LogP contribution in [0.3, 0.4) is 0 Å². The van der Waals surface area contributed by atoms with Crippen LogP contribution in [0.15, 0.2) is 29.4 Å². The molecule has 1 aromatic carbocycles. The van der Waals surface area contributed by atoms with Gasteiger partial charge in [-0.05, 0) is 24.3 Å². The number of aliphatic hydroxyl groups is 1. The molecule has 1 atom stereocenters. The van der Waals surface area contributed by atoms with Crippen LogP contribution in [-0.2, 0) is 0 Å². The summed E-state index contributed by atoms with van der Waals surface area (Å²) in [5, 5.41) is 14.4. The lowest BCUT2D eigenvalue weighted by Crippen LogP contribution is -2.56. The van der Waals surface area contributed by atoms with Gasteiger partial charge in [0.2, 0.25) is 0 Å². The molecule has 0 spiro atoms. The molecule has 126 valence electrons. The number of hydrazone groups is 1. The van der Waals surface area contributed by atoms with Crippen LogP contribution in [0.5, 0.6) is 0 Å². The highest BCUT2D eigenvalue weighted by Crippen LogP contribution is 2.43. The van der Waals surface area contributed by atoms with Crippen LogP contribution in [0, 0.1) is 5.41 Å². The minimum absolute atomic E-state index is 0.0454. The molecule has 1 aromatic rings. The quantitative estimate of drug-likeness (QED) is 0.838. The third-order valence-corrected chi connectivity index (χ3v) is 3.84. The molecule has 2 rings (SSSR count). The Balaban J connectivity index is 2.48. The summed E-state index contributed by atoms with van der Waals surface area (Å²) in [6.07, 6.45) is -5.81. The Labute approximate surface area is 136 Å². The number of carbonyl (C=O) groups is 1. The minimum atomic E-state index is -5.04. The Morgan fingerprint density at radius 1 is 1.26 bits per heavy atom. The van der Waals surface area contributed by atoms with Crippen molar-refractivity contribution < 1.29 is 23.1 Å². The number of hydrogen-bond acceptors (Lipinski definition) is 3. The highest BCUT2D eigenvalue weighted by molar-refractivity contribution is 6.30. The van der Waals surface area contributed by atoms with E-state index in [0.717, 1.165) is 0 Å². The molecule has 0 bridgehead atoms. The van der Waals surface area contributed by atoms with Crippen LogP contribution in [0.25, 0.3) is 0 Å². The second kappa shape index (κ2) is 5.49. The fraction of sp³-hybridized carbons (Fsp3) is 0.467. The van der Waals surface area contributed by atoms with Crippen molar-refractivity contribution in [3.05, 3.63) is 34.9 Å². The lowest BCUT2D eigenvalue weighted by atomic mass is 9.86. The number of amides is 1. The summed E-state index contributed by atoms with van der Waals surface area (Å²) < 4.78 is 40.1. The van der Waals surface area contributed by atoms with Gasteiger partial charge in [0.1, 0.15) is 0 Å². The average Bonchev–Trinajstić information content (AvgIpc) is 2.78. The molecule has 0 saturated carbocycles. The predicted octanol–water partition coefficient (Wildman–Crippen LogP) is 3.84. The zero-order chi connectivity index (χ0) is 17.6. The van der Waals surface area contributed by atoms with Gasteiger partial charge in [-0.15, -0.1) is 0 Å². The molecule has 4 nitrogen and oxygen atoms in total. The summed E-state index contributed by atoms with van der Waals surface area (Å²) in [4.78, 5) is 12.4. The van der Waals surface area contributed by atoms with E-state index in [1.165, 1.54) is 24.3 Å². The Morgan fingerprint density at radius 2 is 1.78 bits per heavy atom. The van der Waals surface area contributed by atoms with E-state index in [1.54, 1.807) is 20.8 Å². The Morgan fingerprint density at radius 3 is 2.22 bits per heavy atom. The zero-order valence-corrected chi connectivity index (χ0v) is 13.5. The van der Waals surface area contributed by atoms with Gasteiger partial charge in [0, 0.05) is 28.1 Å². The van der Waals surface area contributed by atoms with Gasteiger partial charge in [0.25, 0.3) is 11.6 Å². The van der Waals surface area contributed by atoms with Crippen LogP contribution in [-0.4, -0.2) is 33.6 Å². The maximum Gasteiger partial charge on any atom is 0.438 e. The monoisotopic (exact) mass is 348 g/mol. The highest BCUT2D eigenvalue weighted by atomic mass is 35.5. The topological polar surface area (TPSA) is 52.9 Å². The van der Waals surface area contributed by atoms with E-state index in [-0.39, 0.29) is 16.3 Å². The van der Waals surface area contributed by atoms with Gasteiger partial charge in [-0.2, -0.15) is 23.3 Å². The second-order valence-corrected chi connectivity index (χ2v) is 6.85. The first-order chi connectivity index (χ1) is 10.4. The van der Waals surface area contributed by atoms with E-state index < -0.39 is 29.6 Å². The zero-order valence-electron chi connectivity index (χ0n) is 12.8. The van der Waals surface area contributed by atoms with Crippen LogP contribution >= 0.6 is 11.6 Å². The van der Waals surface area contributed by atoms with Gasteiger partial charge in [0.05, 0.1) is 0 Å². The molecular weight excluding hydrogens is 333 g/mol. The Bertz CT molecular complexity index is 650. The van der Waals surface area contributed by atoms with Gasteiger partial charge < -0.3 is 5.11 Å².